The van der Waals surface area contributed by atoms with Crippen molar-refractivity contribution >= 4 is 17.6 Å². The summed E-state index contributed by atoms with van der Waals surface area (Å²) in [4.78, 5) is 23.2. The SMILES string of the molecule is Cc1cc(C)n(-c2ccc(C(=O)Nc3cccc(CC(=O)O)c3)cc2)n1. The highest BCUT2D eigenvalue weighted by Gasteiger charge is 2.09. The molecule has 0 aliphatic carbocycles. The van der Waals surface area contributed by atoms with Crippen LogP contribution < -0.4 is 5.32 Å². The van der Waals surface area contributed by atoms with Gasteiger partial charge in [0.25, 0.3) is 5.91 Å². The summed E-state index contributed by atoms with van der Waals surface area (Å²) in [6.45, 7) is 3.91. The van der Waals surface area contributed by atoms with Gasteiger partial charge >= 0.3 is 5.97 Å². The number of hydrogen-bond acceptors (Lipinski definition) is 3. The number of carboxylic acids is 1. The molecule has 3 rings (SSSR count). The molecule has 1 heterocycles. The smallest absolute Gasteiger partial charge is 0.307 e. The molecule has 0 bridgehead atoms. The van der Waals surface area contributed by atoms with Crippen molar-refractivity contribution in [3.8, 4) is 5.69 Å². The Balaban J connectivity index is 1.74. The van der Waals surface area contributed by atoms with Crippen LogP contribution in [0.3, 0.4) is 0 Å². The molecule has 0 unspecified atom stereocenters. The van der Waals surface area contributed by atoms with Crippen LogP contribution in [0.15, 0.2) is 54.6 Å². The van der Waals surface area contributed by atoms with Gasteiger partial charge in [-0.1, -0.05) is 12.1 Å². The normalized spacial score (nSPS) is 10.5. The summed E-state index contributed by atoms with van der Waals surface area (Å²) in [6.07, 6.45) is -0.0823. The minimum absolute atomic E-state index is 0.0823. The van der Waals surface area contributed by atoms with E-state index in [2.05, 4.69) is 10.4 Å². The number of rotatable bonds is 5. The number of nitrogens with zero attached hydrogens (tertiary/aromatic N) is 2. The minimum atomic E-state index is -0.909. The van der Waals surface area contributed by atoms with E-state index < -0.39 is 5.97 Å². The summed E-state index contributed by atoms with van der Waals surface area (Å²) in [6, 6.07) is 16.0. The van der Waals surface area contributed by atoms with Crippen molar-refractivity contribution in [2.24, 2.45) is 0 Å². The summed E-state index contributed by atoms with van der Waals surface area (Å²) < 4.78 is 1.83. The number of aromatic nitrogens is 2. The molecule has 26 heavy (non-hydrogen) atoms. The molecule has 0 aliphatic heterocycles. The molecule has 3 aromatic rings. The van der Waals surface area contributed by atoms with Crippen LogP contribution in [-0.4, -0.2) is 26.8 Å². The van der Waals surface area contributed by atoms with Crippen LogP contribution in [0.4, 0.5) is 5.69 Å². The number of aliphatic carboxylic acids is 1. The fraction of sp³-hybridized carbons (Fsp3) is 0.150. The molecule has 1 aromatic heterocycles. The Morgan fingerprint density at radius 1 is 1.08 bits per heavy atom. The molecular formula is C20H19N3O3. The lowest BCUT2D eigenvalue weighted by atomic mass is 10.1. The van der Waals surface area contributed by atoms with Crippen molar-refractivity contribution < 1.29 is 14.7 Å². The second kappa shape index (κ2) is 7.23. The first-order valence-electron chi connectivity index (χ1n) is 8.18. The van der Waals surface area contributed by atoms with E-state index in [4.69, 9.17) is 5.11 Å². The van der Waals surface area contributed by atoms with Crippen LogP contribution in [0.1, 0.15) is 27.3 Å². The number of carbonyl (C=O) groups excluding carboxylic acids is 1. The Morgan fingerprint density at radius 3 is 2.42 bits per heavy atom. The molecule has 0 atom stereocenters. The van der Waals surface area contributed by atoms with E-state index in [1.54, 1.807) is 36.4 Å². The number of hydrogen-bond donors (Lipinski definition) is 2. The van der Waals surface area contributed by atoms with Gasteiger partial charge in [-0.3, -0.25) is 9.59 Å². The fourth-order valence-electron chi connectivity index (χ4n) is 2.78. The highest BCUT2D eigenvalue weighted by Crippen LogP contribution is 2.16. The summed E-state index contributed by atoms with van der Waals surface area (Å²) in [7, 11) is 0. The third kappa shape index (κ3) is 3.97. The second-order valence-electron chi connectivity index (χ2n) is 6.11. The first-order valence-corrected chi connectivity index (χ1v) is 8.18. The van der Waals surface area contributed by atoms with Crippen molar-refractivity contribution in [1.29, 1.82) is 0 Å². The predicted octanol–water partition coefficient (Wildman–Crippen LogP) is 3.37. The van der Waals surface area contributed by atoms with Gasteiger partial charge < -0.3 is 10.4 Å². The lowest BCUT2D eigenvalue weighted by molar-refractivity contribution is -0.136. The number of benzene rings is 2. The van der Waals surface area contributed by atoms with Gasteiger partial charge in [0.15, 0.2) is 0 Å². The maximum atomic E-state index is 12.4. The van der Waals surface area contributed by atoms with E-state index in [1.807, 2.05) is 36.7 Å². The highest BCUT2D eigenvalue weighted by molar-refractivity contribution is 6.04. The largest absolute Gasteiger partial charge is 0.481 e. The van der Waals surface area contributed by atoms with Gasteiger partial charge in [-0.2, -0.15) is 5.10 Å². The summed E-state index contributed by atoms with van der Waals surface area (Å²) in [5, 5.41) is 16.1. The molecule has 0 saturated carbocycles. The van der Waals surface area contributed by atoms with Crippen molar-refractivity contribution in [3.63, 3.8) is 0 Å². The van der Waals surface area contributed by atoms with Crippen LogP contribution in [0.5, 0.6) is 0 Å². The highest BCUT2D eigenvalue weighted by atomic mass is 16.4. The zero-order valence-electron chi connectivity index (χ0n) is 14.6. The molecule has 6 nitrogen and oxygen atoms in total. The van der Waals surface area contributed by atoms with Gasteiger partial charge in [-0.25, -0.2) is 4.68 Å². The number of nitrogens with one attached hydrogen (secondary N) is 1. The minimum Gasteiger partial charge on any atom is -0.481 e. The van der Waals surface area contributed by atoms with Crippen molar-refractivity contribution in [1.82, 2.24) is 9.78 Å². The average molecular weight is 349 g/mol. The molecule has 132 valence electrons. The van der Waals surface area contributed by atoms with Crippen molar-refractivity contribution in [2.45, 2.75) is 20.3 Å². The maximum Gasteiger partial charge on any atom is 0.307 e. The molecule has 2 N–H and O–H groups in total. The van der Waals surface area contributed by atoms with Crippen LogP contribution in [0.2, 0.25) is 0 Å². The molecule has 1 amide bonds. The van der Waals surface area contributed by atoms with Gasteiger partial charge in [0.2, 0.25) is 0 Å². The fourth-order valence-corrected chi connectivity index (χ4v) is 2.78. The van der Waals surface area contributed by atoms with E-state index in [1.165, 1.54) is 0 Å². The molecule has 0 aliphatic rings. The molecule has 0 fully saturated rings. The zero-order valence-corrected chi connectivity index (χ0v) is 14.6. The average Bonchev–Trinajstić information content (AvgIpc) is 2.93. The van der Waals surface area contributed by atoms with Gasteiger partial charge in [-0.15, -0.1) is 0 Å². The van der Waals surface area contributed by atoms with E-state index in [0.29, 0.717) is 16.8 Å². The Kier molecular flexibility index (Phi) is 4.84. The lowest BCUT2D eigenvalue weighted by Crippen LogP contribution is -2.12. The second-order valence-corrected chi connectivity index (χ2v) is 6.11. The van der Waals surface area contributed by atoms with Crippen molar-refractivity contribution in [3.05, 3.63) is 77.1 Å². The molecule has 0 spiro atoms. The zero-order chi connectivity index (χ0) is 18.7. The van der Waals surface area contributed by atoms with Crippen LogP contribution in [-0.2, 0) is 11.2 Å². The maximum absolute atomic E-state index is 12.4. The predicted molar refractivity (Wildman–Crippen MR) is 98.8 cm³/mol. The quantitative estimate of drug-likeness (QED) is 0.740. The molecule has 0 radical (unpaired) electrons. The Labute approximate surface area is 151 Å². The van der Waals surface area contributed by atoms with Crippen LogP contribution in [0.25, 0.3) is 5.69 Å². The lowest BCUT2D eigenvalue weighted by Gasteiger charge is -2.08. The summed E-state index contributed by atoms with van der Waals surface area (Å²) >= 11 is 0. The Hall–Kier alpha value is -3.41. The third-order valence-electron chi connectivity index (χ3n) is 3.92. The van der Waals surface area contributed by atoms with E-state index in [9.17, 15) is 9.59 Å². The number of anilines is 1. The Bertz CT molecular complexity index is 959. The third-order valence-corrected chi connectivity index (χ3v) is 3.92. The molecule has 0 saturated heterocycles. The summed E-state index contributed by atoms with van der Waals surface area (Å²) in [5.41, 5.74) is 4.56. The Morgan fingerprint density at radius 2 is 1.81 bits per heavy atom. The number of carbonyl (C=O) groups is 2. The van der Waals surface area contributed by atoms with E-state index in [0.717, 1.165) is 17.1 Å². The molecule has 6 heteroatoms. The van der Waals surface area contributed by atoms with Crippen LogP contribution in [0, 0.1) is 13.8 Å². The van der Waals surface area contributed by atoms with Gasteiger partial charge in [0.1, 0.15) is 0 Å². The standard InChI is InChI=1S/C20H19N3O3/c1-13-10-14(2)23(22-13)18-8-6-16(7-9-18)20(26)21-17-5-3-4-15(11-17)12-19(24)25/h3-11H,12H2,1-2H3,(H,21,26)(H,24,25). The van der Waals surface area contributed by atoms with Gasteiger partial charge in [0.05, 0.1) is 17.8 Å². The summed E-state index contributed by atoms with van der Waals surface area (Å²) in [5.74, 6) is -1.16. The van der Waals surface area contributed by atoms with Gasteiger partial charge in [-0.05, 0) is 61.9 Å². The monoisotopic (exact) mass is 349 g/mol. The van der Waals surface area contributed by atoms with Crippen molar-refractivity contribution in [2.75, 3.05) is 5.32 Å². The van der Waals surface area contributed by atoms with E-state index >= 15 is 0 Å². The topological polar surface area (TPSA) is 84.2 Å². The van der Waals surface area contributed by atoms with Crippen LogP contribution >= 0.6 is 0 Å². The first-order chi connectivity index (χ1) is 12.4. The number of aryl methyl sites for hydroxylation is 2. The van der Waals surface area contributed by atoms with E-state index in [-0.39, 0.29) is 12.3 Å². The van der Waals surface area contributed by atoms with Gasteiger partial charge in [0, 0.05) is 16.9 Å². The number of amides is 1. The molecule has 2 aromatic carbocycles. The first kappa shape index (κ1) is 17.4. The molecular weight excluding hydrogens is 330 g/mol. The number of carboxylic acid groups (broad SMARTS) is 1.